The second kappa shape index (κ2) is 8.50. The van der Waals surface area contributed by atoms with Crippen LogP contribution in [0, 0.1) is 0 Å². The number of amidine groups is 1. The Hall–Kier alpha value is -1.66. The third-order valence-corrected chi connectivity index (χ3v) is 3.41. The summed E-state index contributed by atoms with van der Waals surface area (Å²) in [6.45, 7) is 6.52. The molecule has 1 heterocycles. The van der Waals surface area contributed by atoms with Gasteiger partial charge in [-0.25, -0.2) is 0 Å². The lowest BCUT2D eigenvalue weighted by Gasteiger charge is -2.28. The highest BCUT2D eigenvalue weighted by molar-refractivity contribution is 5.96. The van der Waals surface area contributed by atoms with Crippen LogP contribution in [0.5, 0.6) is 0 Å². The van der Waals surface area contributed by atoms with Crippen molar-refractivity contribution in [1.29, 1.82) is 0 Å². The van der Waals surface area contributed by atoms with Gasteiger partial charge in [-0.2, -0.15) is 0 Å². The van der Waals surface area contributed by atoms with Crippen molar-refractivity contribution in [3.63, 3.8) is 0 Å². The molecule has 0 aromatic carbocycles. The average Bonchev–Trinajstić information content (AvgIpc) is 2.50. The summed E-state index contributed by atoms with van der Waals surface area (Å²) < 4.78 is 5.16. The lowest BCUT2D eigenvalue weighted by molar-refractivity contribution is 0.118. The molecule has 0 aliphatic heterocycles. The molecule has 3 N–H and O–H groups in total. The molecule has 20 heavy (non-hydrogen) atoms. The van der Waals surface area contributed by atoms with Crippen LogP contribution in [-0.4, -0.2) is 47.2 Å². The number of oxime groups is 1. The van der Waals surface area contributed by atoms with Crippen LogP contribution in [0.2, 0.25) is 0 Å². The summed E-state index contributed by atoms with van der Waals surface area (Å²) in [5.41, 5.74) is 7.15. The maximum Gasteiger partial charge on any atom is 0.189 e. The minimum absolute atomic E-state index is 0.0384. The Bertz CT molecular complexity index is 437. The number of nitrogens with zero attached hydrogens (tertiary/aromatic N) is 3. The van der Waals surface area contributed by atoms with Gasteiger partial charge in [0, 0.05) is 32.4 Å². The van der Waals surface area contributed by atoms with Crippen LogP contribution in [0.25, 0.3) is 0 Å². The molecule has 0 spiro atoms. The number of methoxy groups -OCH3 is 1. The van der Waals surface area contributed by atoms with Gasteiger partial charge < -0.3 is 15.7 Å². The number of pyridine rings is 1. The lowest BCUT2D eigenvalue weighted by atomic mass is 10.1. The average molecular weight is 280 g/mol. The van der Waals surface area contributed by atoms with Crippen molar-refractivity contribution in [3.8, 4) is 0 Å². The van der Waals surface area contributed by atoms with Crippen LogP contribution in [0.15, 0.2) is 23.5 Å². The zero-order valence-corrected chi connectivity index (χ0v) is 12.4. The Balaban J connectivity index is 2.92. The van der Waals surface area contributed by atoms with Crippen LogP contribution in [-0.2, 0) is 11.3 Å². The van der Waals surface area contributed by atoms with E-state index in [1.807, 2.05) is 12.1 Å². The Kier molecular flexibility index (Phi) is 6.97. The number of hydrogen-bond acceptors (Lipinski definition) is 5. The van der Waals surface area contributed by atoms with Gasteiger partial charge in [-0.3, -0.25) is 9.88 Å². The van der Waals surface area contributed by atoms with Crippen LogP contribution < -0.4 is 5.73 Å². The number of aromatic nitrogens is 1. The number of hydrogen-bond donors (Lipinski definition) is 2. The monoisotopic (exact) mass is 280 g/mol. The summed E-state index contributed by atoms with van der Waals surface area (Å²) in [4.78, 5) is 6.49. The second-order valence-electron chi connectivity index (χ2n) is 4.72. The molecule has 0 bridgehead atoms. The Labute approximate surface area is 120 Å². The molecule has 112 valence electrons. The van der Waals surface area contributed by atoms with Gasteiger partial charge in [-0.15, -0.1) is 0 Å². The van der Waals surface area contributed by atoms with E-state index < -0.39 is 0 Å². The van der Waals surface area contributed by atoms with E-state index >= 15 is 0 Å². The summed E-state index contributed by atoms with van der Waals surface area (Å²) in [6, 6.07) is 4.22. The Morgan fingerprint density at radius 2 is 2.35 bits per heavy atom. The van der Waals surface area contributed by atoms with Gasteiger partial charge in [0.15, 0.2) is 5.84 Å². The smallest absolute Gasteiger partial charge is 0.189 e. The predicted octanol–water partition coefficient (Wildman–Crippen LogP) is 1.42. The van der Waals surface area contributed by atoms with Crippen molar-refractivity contribution in [2.24, 2.45) is 10.9 Å². The topological polar surface area (TPSA) is 84.0 Å². The minimum atomic E-state index is 0.0384. The van der Waals surface area contributed by atoms with Crippen molar-refractivity contribution >= 4 is 5.84 Å². The third-order valence-electron chi connectivity index (χ3n) is 3.41. The predicted molar refractivity (Wildman–Crippen MR) is 78.8 cm³/mol. The van der Waals surface area contributed by atoms with E-state index in [4.69, 9.17) is 15.7 Å². The van der Waals surface area contributed by atoms with Gasteiger partial charge >= 0.3 is 0 Å². The molecule has 1 rings (SSSR count). The van der Waals surface area contributed by atoms with Crippen LogP contribution in [0.1, 0.15) is 31.5 Å². The summed E-state index contributed by atoms with van der Waals surface area (Å²) in [5.74, 6) is 0.0384. The van der Waals surface area contributed by atoms with E-state index in [1.54, 1.807) is 13.3 Å². The maximum atomic E-state index is 8.83. The van der Waals surface area contributed by atoms with Crippen molar-refractivity contribution in [3.05, 3.63) is 29.6 Å². The summed E-state index contributed by atoms with van der Waals surface area (Å²) in [6.07, 6.45) is 2.68. The standard InChI is InChI=1S/C14H24N4O2/c1-4-11(2)18(8-9-20-3)10-12-6-5-7-16-13(12)14(15)17-19/h5-7,11,19H,4,8-10H2,1-3H3,(H2,15,17). The lowest BCUT2D eigenvalue weighted by Crippen LogP contribution is -2.35. The highest BCUT2D eigenvalue weighted by Crippen LogP contribution is 2.13. The molecule has 0 fully saturated rings. The molecule has 0 radical (unpaired) electrons. The van der Waals surface area contributed by atoms with Gasteiger partial charge in [0.1, 0.15) is 5.69 Å². The fraction of sp³-hybridized carbons (Fsp3) is 0.571. The van der Waals surface area contributed by atoms with Crippen molar-refractivity contribution < 1.29 is 9.94 Å². The summed E-state index contributed by atoms with van der Waals surface area (Å²) in [7, 11) is 1.70. The first-order valence-electron chi connectivity index (χ1n) is 6.78. The molecule has 0 saturated heterocycles. The van der Waals surface area contributed by atoms with Crippen LogP contribution >= 0.6 is 0 Å². The van der Waals surface area contributed by atoms with Crippen molar-refractivity contribution in [2.75, 3.05) is 20.3 Å². The van der Waals surface area contributed by atoms with Gasteiger partial charge in [-0.05, 0) is 25.0 Å². The summed E-state index contributed by atoms with van der Waals surface area (Å²) >= 11 is 0. The third kappa shape index (κ3) is 4.47. The Morgan fingerprint density at radius 3 is 2.95 bits per heavy atom. The number of nitrogens with two attached hydrogens (primary N) is 1. The van der Waals surface area contributed by atoms with E-state index in [0.29, 0.717) is 24.9 Å². The highest BCUT2D eigenvalue weighted by atomic mass is 16.5. The van der Waals surface area contributed by atoms with E-state index in [1.165, 1.54) is 0 Å². The van der Waals surface area contributed by atoms with Crippen LogP contribution in [0.4, 0.5) is 0 Å². The van der Waals surface area contributed by atoms with Gasteiger partial charge in [0.05, 0.1) is 6.61 Å². The molecule has 0 saturated carbocycles. The van der Waals surface area contributed by atoms with E-state index in [0.717, 1.165) is 18.5 Å². The quantitative estimate of drug-likeness (QED) is 0.326. The van der Waals surface area contributed by atoms with E-state index in [-0.39, 0.29) is 5.84 Å². The van der Waals surface area contributed by atoms with Gasteiger partial charge in [-0.1, -0.05) is 18.1 Å². The van der Waals surface area contributed by atoms with Crippen molar-refractivity contribution in [1.82, 2.24) is 9.88 Å². The normalized spacial score (nSPS) is 13.7. The highest BCUT2D eigenvalue weighted by Gasteiger charge is 2.16. The maximum absolute atomic E-state index is 8.83. The molecular weight excluding hydrogens is 256 g/mol. The zero-order chi connectivity index (χ0) is 15.0. The number of ether oxygens (including phenoxy) is 1. The molecule has 1 aromatic heterocycles. The largest absolute Gasteiger partial charge is 0.409 e. The SMILES string of the molecule is CCC(C)N(CCOC)Cc1cccnc1C(N)=NO. The first-order valence-corrected chi connectivity index (χ1v) is 6.78. The van der Waals surface area contributed by atoms with Crippen molar-refractivity contribution in [2.45, 2.75) is 32.9 Å². The van der Waals surface area contributed by atoms with E-state index in [2.05, 4.69) is 28.9 Å². The molecule has 6 nitrogen and oxygen atoms in total. The zero-order valence-electron chi connectivity index (χ0n) is 12.4. The van der Waals surface area contributed by atoms with Gasteiger partial charge in [0.2, 0.25) is 0 Å². The number of rotatable bonds is 8. The first-order chi connectivity index (χ1) is 9.63. The molecule has 0 aliphatic carbocycles. The minimum Gasteiger partial charge on any atom is -0.409 e. The molecule has 6 heteroatoms. The van der Waals surface area contributed by atoms with Gasteiger partial charge in [0.25, 0.3) is 0 Å². The summed E-state index contributed by atoms with van der Waals surface area (Å²) in [5, 5.41) is 11.9. The molecule has 0 aliphatic rings. The first kappa shape index (κ1) is 16.4. The molecule has 1 atom stereocenters. The fourth-order valence-corrected chi connectivity index (χ4v) is 1.99. The van der Waals surface area contributed by atoms with E-state index in [9.17, 15) is 0 Å². The second-order valence-corrected chi connectivity index (χ2v) is 4.72. The fourth-order valence-electron chi connectivity index (χ4n) is 1.99. The molecule has 1 unspecified atom stereocenters. The molecule has 1 aromatic rings. The van der Waals surface area contributed by atoms with Crippen LogP contribution in [0.3, 0.4) is 0 Å². The molecule has 0 amide bonds. The Morgan fingerprint density at radius 1 is 1.60 bits per heavy atom. The molecular formula is C14H24N4O2.